The molecule has 0 N–H and O–H groups in total. The summed E-state index contributed by atoms with van der Waals surface area (Å²) in [7, 11) is 0. The highest BCUT2D eigenvalue weighted by Gasteiger charge is 2.03. The van der Waals surface area contributed by atoms with Crippen LogP contribution in [0.5, 0.6) is 0 Å². The van der Waals surface area contributed by atoms with E-state index in [-0.39, 0.29) is 0 Å². The van der Waals surface area contributed by atoms with E-state index in [1.807, 2.05) is 48.9 Å². The Balaban J connectivity index is 1.67. The molecular weight excluding hydrogens is 292 g/mol. The number of pyridine rings is 2. The average molecular weight is 308 g/mol. The molecular formula is C22H16N2. The van der Waals surface area contributed by atoms with Crippen LogP contribution in [-0.4, -0.2) is 9.97 Å². The molecule has 114 valence electrons. The zero-order valence-corrected chi connectivity index (χ0v) is 13.1. The third-order valence-electron chi connectivity index (χ3n) is 4.06. The quantitative estimate of drug-likeness (QED) is 0.501. The minimum atomic E-state index is 0.993. The lowest BCUT2D eigenvalue weighted by atomic mass is 9.99. The van der Waals surface area contributed by atoms with Crippen molar-refractivity contribution in [3.05, 3.63) is 97.5 Å². The van der Waals surface area contributed by atoms with Gasteiger partial charge < -0.3 is 0 Å². The summed E-state index contributed by atoms with van der Waals surface area (Å²) in [5.74, 6) is 0. The van der Waals surface area contributed by atoms with Crippen molar-refractivity contribution < 1.29 is 0 Å². The Morgan fingerprint density at radius 2 is 1.12 bits per heavy atom. The van der Waals surface area contributed by atoms with Gasteiger partial charge in [-0.05, 0) is 52.6 Å². The van der Waals surface area contributed by atoms with Gasteiger partial charge in [0.15, 0.2) is 0 Å². The third-order valence-corrected chi connectivity index (χ3v) is 4.06. The van der Waals surface area contributed by atoms with Crippen LogP contribution in [0, 0.1) is 0 Å². The van der Waals surface area contributed by atoms with Crippen molar-refractivity contribution in [3.8, 4) is 33.5 Å². The van der Waals surface area contributed by atoms with Gasteiger partial charge in [-0.1, -0.05) is 48.5 Å². The molecule has 0 spiro atoms. The first-order chi connectivity index (χ1) is 11.9. The van der Waals surface area contributed by atoms with E-state index in [1.165, 1.54) is 22.3 Å². The minimum Gasteiger partial charge on any atom is -0.265 e. The molecule has 2 aromatic heterocycles. The maximum Gasteiger partial charge on any atom is 0.0702 e. The van der Waals surface area contributed by atoms with Gasteiger partial charge in [0.1, 0.15) is 0 Å². The maximum absolute atomic E-state index is 4.43. The van der Waals surface area contributed by atoms with Gasteiger partial charge in [0, 0.05) is 24.2 Å². The van der Waals surface area contributed by atoms with Gasteiger partial charge in [-0.25, -0.2) is 0 Å². The fourth-order valence-corrected chi connectivity index (χ4v) is 2.79. The lowest BCUT2D eigenvalue weighted by molar-refractivity contribution is 1.33. The van der Waals surface area contributed by atoms with E-state index < -0.39 is 0 Å². The molecule has 4 rings (SSSR count). The molecule has 0 fully saturated rings. The standard InChI is InChI=1S/C22H16N2/c1-2-13-24-22(6-1)21-5-3-4-20(16-21)18-9-7-17(8-10-18)19-11-14-23-15-12-19/h1-16H. The number of nitrogens with zero attached hydrogens (tertiary/aromatic N) is 2. The van der Waals surface area contributed by atoms with E-state index in [2.05, 4.69) is 58.5 Å². The molecule has 2 aromatic carbocycles. The van der Waals surface area contributed by atoms with Crippen LogP contribution in [0.4, 0.5) is 0 Å². The summed E-state index contributed by atoms with van der Waals surface area (Å²) in [6, 6.07) is 27.1. The SMILES string of the molecule is c1ccc(-c2cccc(-c3ccc(-c4ccncc4)cc3)c2)nc1. The smallest absolute Gasteiger partial charge is 0.0702 e. The third kappa shape index (κ3) is 2.95. The van der Waals surface area contributed by atoms with Crippen molar-refractivity contribution in [3.63, 3.8) is 0 Å². The summed E-state index contributed by atoms with van der Waals surface area (Å²) in [6.07, 6.45) is 5.46. The van der Waals surface area contributed by atoms with Crippen molar-refractivity contribution in [1.29, 1.82) is 0 Å². The van der Waals surface area contributed by atoms with E-state index in [1.54, 1.807) is 0 Å². The molecule has 4 aromatic rings. The van der Waals surface area contributed by atoms with Gasteiger partial charge in [0.25, 0.3) is 0 Å². The molecule has 0 aliphatic rings. The number of benzene rings is 2. The fourth-order valence-electron chi connectivity index (χ4n) is 2.79. The Kier molecular flexibility index (Phi) is 3.86. The molecule has 24 heavy (non-hydrogen) atoms. The predicted molar refractivity (Wildman–Crippen MR) is 98.3 cm³/mol. The van der Waals surface area contributed by atoms with E-state index in [0.717, 1.165) is 11.3 Å². The van der Waals surface area contributed by atoms with Crippen LogP contribution in [-0.2, 0) is 0 Å². The van der Waals surface area contributed by atoms with Crippen LogP contribution in [0.1, 0.15) is 0 Å². The number of hydrogen-bond acceptors (Lipinski definition) is 2. The highest BCUT2D eigenvalue weighted by Crippen LogP contribution is 2.27. The first kappa shape index (κ1) is 14.3. The van der Waals surface area contributed by atoms with Crippen molar-refractivity contribution >= 4 is 0 Å². The highest BCUT2D eigenvalue weighted by molar-refractivity contribution is 5.74. The molecule has 0 unspecified atom stereocenters. The van der Waals surface area contributed by atoms with Gasteiger partial charge in [-0.15, -0.1) is 0 Å². The van der Waals surface area contributed by atoms with Crippen molar-refractivity contribution in [2.24, 2.45) is 0 Å². The summed E-state index contributed by atoms with van der Waals surface area (Å²) in [5, 5.41) is 0. The second-order valence-corrected chi connectivity index (χ2v) is 5.61. The van der Waals surface area contributed by atoms with E-state index in [9.17, 15) is 0 Å². The Morgan fingerprint density at radius 3 is 1.83 bits per heavy atom. The Labute approximate surface area is 141 Å². The van der Waals surface area contributed by atoms with Gasteiger partial charge in [0.2, 0.25) is 0 Å². The molecule has 0 saturated heterocycles. The van der Waals surface area contributed by atoms with Crippen LogP contribution in [0.3, 0.4) is 0 Å². The minimum absolute atomic E-state index is 0.993. The normalized spacial score (nSPS) is 10.5. The first-order valence-corrected chi connectivity index (χ1v) is 7.92. The topological polar surface area (TPSA) is 25.8 Å². The van der Waals surface area contributed by atoms with Crippen molar-refractivity contribution in [2.75, 3.05) is 0 Å². The fraction of sp³-hybridized carbons (Fsp3) is 0. The number of aromatic nitrogens is 2. The maximum atomic E-state index is 4.43. The highest BCUT2D eigenvalue weighted by atomic mass is 14.7. The van der Waals surface area contributed by atoms with Crippen LogP contribution in [0.25, 0.3) is 33.5 Å². The second kappa shape index (κ2) is 6.47. The molecule has 0 bridgehead atoms. The summed E-state index contributed by atoms with van der Waals surface area (Å²) < 4.78 is 0. The average Bonchev–Trinajstić information content (AvgIpc) is 2.70. The molecule has 0 radical (unpaired) electrons. The molecule has 2 nitrogen and oxygen atoms in total. The van der Waals surface area contributed by atoms with Gasteiger partial charge in [-0.2, -0.15) is 0 Å². The summed E-state index contributed by atoms with van der Waals surface area (Å²) in [4.78, 5) is 8.50. The van der Waals surface area contributed by atoms with Crippen molar-refractivity contribution in [1.82, 2.24) is 9.97 Å². The number of rotatable bonds is 3. The monoisotopic (exact) mass is 308 g/mol. The first-order valence-electron chi connectivity index (χ1n) is 7.92. The zero-order valence-electron chi connectivity index (χ0n) is 13.1. The van der Waals surface area contributed by atoms with Crippen LogP contribution in [0.15, 0.2) is 97.5 Å². The lowest BCUT2D eigenvalue weighted by Gasteiger charge is -2.07. The molecule has 2 heterocycles. The molecule has 0 amide bonds. The Bertz CT molecular complexity index is 930. The van der Waals surface area contributed by atoms with Crippen LogP contribution in [0.2, 0.25) is 0 Å². The van der Waals surface area contributed by atoms with Gasteiger partial charge >= 0.3 is 0 Å². The predicted octanol–water partition coefficient (Wildman–Crippen LogP) is 5.48. The Morgan fingerprint density at radius 1 is 0.458 bits per heavy atom. The summed E-state index contributed by atoms with van der Waals surface area (Å²) >= 11 is 0. The number of hydrogen-bond donors (Lipinski definition) is 0. The largest absolute Gasteiger partial charge is 0.265 e. The van der Waals surface area contributed by atoms with Crippen LogP contribution >= 0.6 is 0 Å². The molecule has 0 saturated carbocycles. The van der Waals surface area contributed by atoms with Gasteiger partial charge in [-0.3, -0.25) is 9.97 Å². The van der Waals surface area contributed by atoms with Crippen LogP contribution < -0.4 is 0 Å². The van der Waals surface area contributed by atoms with Gasteiger partial charge in [0.05, 0.1) is 5.69 Å². The van der Waals surface area contributed by atoms with E-state index >= 15 is 0 Å². The van der Waals surface area contributed by atoms with Crippen molar-refractivity contribution in [2.45, 2.75) is 0 Å². The molecule has 0 atom stereocenters. The molecule has 2 heteroatoms. The zero-order chi connectivity index (χ0) is 16.2. The lowest BCUT2D eigenvalue weighted by Crippen LogP contribution is -1.84. The second-order valence-electron chi connectivity index (χ2n) is 5.61. The summed E-state index contributed by atoms with van der Waals surface area (Å²) in [6.45, 7) is 0. The van der Waals surface area contributed by atoms with E-state index in [0.29, 0.717) is 0 Å². The molecule has 0 aliphatic heterocycles. The summed E-state index contributed by atoms with van der Waals surface area (Å²) in [5.41, 5.74) is 6.89. The Hall–Kier alpha value is -3.26. The van der Waals surface area contributed by atoms with E-state index in [4.69, 9.17) is 0 Å². The molecule has 0 aliphatic carbocycles.